The number of hydrogen-bond donors (Lipinski definition) is 3. The van der Waals surface area contributed by atoms with E-state index in [1.165, 1.54) is 33.5 Å². The summed E-state index contributed by atoms with van der Waals surface area (Å²) in [5.74, 6) is 1.12. The minimum absolute atomic E-state index is 0.0957. The predicted molar refractivity (Wildman–Crippen MR) is 111 cm³/mol. The van der Waals surface area contributed by atoms with Crippen molar-refractivity contribution in [1.82, 2.24) is 0 Å². The van der Waals surface area contributed by atoms with Crippen molar-refractivity contribution in [2.24, 2.45) is 0 Å². The lowest BCUT2D eigenvalue weighted by Crippen LogP contribution is -2.44. The Morgan fingerprint density at radius 3 is 2.13 bits per heavy atom. The van der Waals surface area contributed by atoms with Crippen molar-refractivity contribution in [2.75, 3.05) is 27.9 Å². The van der Waals surface area contributed by atoms with Gasteiger partial charge in [-0.2, -0.15) is 0 Å². The van der Waals surface area contributed by atoms with Gasteiger partial charge in [0.1, 0.15) is 29.1 Å². The van der Waals surface area contributed by atoms with Gasteiger partial charge in [0.2, 0.25) is 5.43 Å². The van der Waals surface area contributed by atoms with Gasteiger partial charge in [-0.15, -0.1) is 0 Å². The Morgan fingerprint density at radius 2 is 1.52 bits per heavy atom. The summed E-state index contributed by atoms with van der Waals surface area (Å²) in [6.07, 6.45) is -3.92. The van der Waals surface area contributed by atoms with E-state index < -0.39 is 24.4 Å². The summed E-state index contributed by atoms with van der Waals surface area (Å²) >= 11 is 0. The van der Waals surface area contributed by atoms with Crippen molar-refractivity contribution in [1.29, 1.82) is 0 Å². The second-order valence-electron chi connectivity index (χ2n) is 7.38. The smallest absolute Gasteiger partial charge is 0.200 e. The molecular formula is C22H24O9. The molecule has 4 rings (SSSR count). The van der Waals surface area contributed by atoms with Gasteiger partial charge in [0.05, 0.1) is 50.9 Å². The van der Waals surface area contributed by atoms with Crippen molar-refractivity contribution < 1.29 is 38.7 Å². The van der Waals surface area contributed by atoms with Crippen LogP contribution in [0.1, 0.15) is 18.1 Å². The van der Waals surface area contributed by atoms with Crippen molar-refractivity contribution in [3.8, 4) is 17.2 Å². The number of rotatable bonds is 5. The molecule has 9 heteroatoms. The van der Waals surface area contributed by atoms with Gasteiger partial charge >= 0.3 is 0 Å². The van der Waals surface area contributed by atoms with E-state index in [0.29, 0.717) is 33.8 Å². The Hall–Kier alpha value is -2.85. The molecule has 1 aliphatic rings. The number of benzene rings is 2. The number of hydrogen-bond acceptors (Lipinski definition) is 9. The Morgan fingerprint density at radius 1 is 0.935 bits per heavy atom. The van der Waals surface area contributed by atoms with Crippen LogP contribution in [0.25, 0.3) is 21.9 Å². The first-order valence-corrected chi connectivity index (χ1v) is 9.74. The molecule has 2 heterocycles. The van der Waals surface area contributed by atoms with E-state index in [-0.39, 0.29) is 29.4 Å². The molecule has 1 aromatic heterocycles. The third kappa shape index (κ3) is 3.59. The Bertz CT molecular complexity index is 1170. The fourth-order valence-corrected chi connectivity index (χ4v) is 3.95. The second kappa shape index (κ2) is 8.35. The monoisotopic (exact) mass is 432 g/mol. The Labute approximate surface area is 177 Å². The highest BCUT2D eigenvalue weighted by Crippen LogP contribution is 2.39. The molecule has 9 nitrogen and oxygen atoms in total. The molecule has 0 spiro atoms. The van der Waals surface area contributed by atoms with Gasteiger partial charge in [-0.1, -0.05) is 0 Å². The van der Waals surface area contributed by atoms with E-state index in [2.05, 4.69) is 0 Å². The van der Waals surface area contributed by atoms with Crippen LogP contribution in [0.15, 0.2) is 33.5 Å². The van der Waals surface area contributed by atoms with Gasteiger partial charge in [0.25, 0.3) is 0 Å². The molecule has 31 heavy (non-hydrogen) atoms. The highest BCUT2D eigenvalue weighted by molar-refractivity contribution is 5.92. The van der Waals surface area contributed by atoms with Gasteiger partial charge in [0, 0.05) is 24.1 Å². The van der Waals surface area contributed by atoms with E-state index in [9.17, 15) is 20.1 Å². The molecule has 0 radical (unpaired) electrons. The fraction of sp³-hybridized carbons (Fsp3) is 0.409. The lowest BCUT2D eigenvalue weighted by atomic mass is 9.92. The largest absolute Gasteiger partial charge is 0.496 e. The summed E-state index contributed by atoms with van der Waals surface area (Å²) in [6.45, 7) is -0.315. The number of methoxy groups -OCH3 is 3. The predicted octanol–water partition coefficient (Wildman–Crippen LogP) is 1.52. The average Bonchev–Trinajstić information content (AvgIpc) is 2.79. The number of ether oxygens (including phenoxy) is 4. The quantitative estimate of drug-likeness (QED) is 0.514. The third-order valence-corrected chi connectivity index (χ3v) is 5.58. The standard InChI is InChI=1S/C22H24O9/c1-27-15-7-16-11(5-13(15)22-21(26)14(24)4-10(9-23)30-22)20(25)12-6-18(28-2)19(29-3)8-17(12)31-16/h5-8,10,14,21-24,26H,4,9H2,1-3H3/t10-,14-,21+,22-/m1/s1. The van der Waals surface area contributed by atoms with Crippen molar-refractivity contribution in [2.45, 2.75) is 30.8 Å². The van der Waals surface area contributed by atoms with Gasteiger partial charge in [-0.25, -0.2) is 0 Å². The van der Waals surface area contributed by atoms with Crippen LogP contribution >= 0.6 is 0 Å². The zero-order valence-electron chi connectivity index (χ0n) is 17.3. The summed E-state index contributed by atoms with van der Waals surface area (Å²) in [5.41, 5.74) is 0.641. The maximum Gasteiger partial charge on any atom is 0.200 e. The molecule has 4 atom stereocenters. The molecule has 1 aliphatic heterocycles. The zero-order chi connectivity index (χ0) is 22.3. The molecule has 166 valence electrons. The van der Waals surface area contributed by atoms with Crippen LogP contribution in [0.5, 0.6) is 17.2 Å². The normalized spacial score (nSPS) is 23.8. The summed E-state index contributed by atoms with van der Waals surface area (Å²) in [4.78, 5) is 13.3. The van der Waals surface area contributed by atoms with Crippen LogP contribution in [-0.4, -0.2) is 61.6 Å². The summed E-state index contributed by atoms with van der Waals surface area (Å²) in [6, 6.07) is 6.18. The first kappa shape index (κ1) is 21.4. The minimum atomic E-state index is -1.26. The highest BCUT2D eigenvalue weighted by Gasteiger charge is 2.39. The highest BCUT2D eigenvalue weighted by atomic mass is 16.5. The molecule has 0 bridgehead atoms. The molecule has 1 fully saturated rings. The van der Waals surface area contributed by atoms with E-state index in [0.717, 1.165) is 0 Å². The van der Waals surface area contributed by atoms with Crippen molar-refractivity contribution >= 4 is 21.9 Å². The van der Waals surface area contributed by atoms with Gasteiger partial charge in [-0.3, -0.25) is 4.79 Å². The third-order valence-electron chi connectivity index (χ3n) is 5.58. The number of aliphatic hydroxyl groups excluding tert-OH is 3. The van der Waals surface area contributed by atoms with E-state index in [1.807, 2.05) is 0 Å². The second-order valence-corrected chi connectivity index (χ2v) is 7.38. The number of fused-ring (bicyclic) bond motifs is 2. The molecule has 0 unspecified atom stereocenters. The average molecular weight is 432 g/mol. The van der Waals surface area contributed by atoms with E-state index in [4.69, 9.17) is 23.4 Å². The summed E-state index contributed by atoms with van der Waals surface area (Å²) in [5, 5.41) is 30.7. The Kier molecular flexibility index (Phi) is 5.76. The first-order chi connectivity index (χ1) is 14.9. The van der Waals surface area contributed by atoms with E-state index in [1.54, 1.807) is 12.1 Å². The maximum atomic E-state index is 13.3. The van der Waals surface area contributed by atoms with Crippen LogP contribution in [0.3, 0.4) is 0 Å². The van der Waals surface area contributed by atoms with Crippen molar-refractivity contribution in [3.63, 3.8) is 0 Å². The molecule has 0 aliphatic carbocycles. The van der Waals surface area contributed by atoms with Crippen LogP contribution < -0.4 is 19.6 Å². The van der Waals surface area contributed by atoms with Crippen LogP contribution in [0, 0.1) is 0 Å². The minimum Gasteiger partial charge on any atom is -0.496 e. The fourth-order valence-electron chi connectivity index (χ4n) is 3.95. The molecule has 2 aromatic carbocycles. The lowest BCUT2D eigenvalue weighted by molar-refractivity contribution is -0.180. The molecular weight excluding hydrogens is 408 g/mol. The van der Waals surface area contributed by atoms with Gasteiger partial charge in [-0.05, 0) is 12.1 Å². The number of aliphatic hydroxyl groups is 3. The SMILES string of the molecule is COc1cc2oc3cc(OC)c([C@H]4O[C@@H](CO)C[C@@H](O)[C@@H]4O)cc3c(=O)c2cc1OC. The van der Waals surface area contributed by atoms with E-state index >= 15 is 0 Å². The Balaban J connectivity index is 1.94. The van der Waals surface area contributed by atoms with Gasteiger partial charge in [0.15, 0.2) is 11.5 Å². The maximum absolute atomic E-state index is 13.3. The molecule has 3 aromatic rings. The summed E-state index contributed by atoms with van der Waals surface area (Å²) < 4.78 is 27.7. The molecule has 1 saturated heterocycles. The van der Waals surface area contributed by atoms with Crippen LogP contribution in [-0.2, 0) is 4.74 Å². The van der Waals surface area contributed by atoms with Crippen molar-refractivity contribution in [3.05, 3.63) is 40.1 Å². The topological polar surface area (TPSA) is 128 Å². The lowest BCUT2D eigenvalue weighted by Gasteiger charge is -2.37. The summed E-state index contributed by atoms with van der Waals surface area (Å²) in [7, 11) is 4.40. The zero-order valence-corrected chi connectivity index (χ0v) is 17.3. The molecule has 0 amide bonds. The first-order valence-electron chi connectivity index (χ1n) is 9.74. The van der Waals surface area contributed by atoms with Crippen LogP contribution in [0.2, 0.25) is 0 Å². The van der Waals surface area contributed by atoms with Gasteiger partial charge < -0.3 is 38.7 Å². The molecule has 0 saturated carbocycles. The molecule has 3 N–H and O–H groups in total. The van der Waals surface area contributed by atoms with Crippen LogP contribution in [0.4, 0.5) is 0 Å².